The van der Waals surface area contributed by atoms with E-state index in [1.165, 1.54) is 4.88 Å². The molecule has 5 rings (SSSR count). The predicted octanol–water partition coefficient (Wildman–Crippen LogP) is 5.33. The lowest BCUT2D eigenvalue weighted by molar-refractivity contribution is -0.142. The minimum Gasteiger partial charge on any atom is -0.481 e. The third-order valence-corrected chi connectivity index (χ3v) is 7.91. The average Bonchev–Trinajstić information content (AvgIpc) is 3.35. The predicted molar refractivity (Wildman–Crippen MR) is 139 cm³/mol. The number of aliphatic imine (C=N–C) groups is 1. The van der Waals surface area contributed by atoms with E-state index in [1.807, 2.05) is 60.9 Å². The zero-order chi connectivity index (χ0) is 25.6. The number of ether oxygens (including phenoxy) is 1. The molecule has 184 valence electrons. The van der Waals surface area contributed by atoms with E-state index in [4.69, 9.17) is 9.73 Å². The number of nitrogens with zero attached hydrogens (tertiary/aromatic N) is 5. The number of hydrogen-bond donors (Lipinski definition) is 1. The molecule has 8 nitrogen and oxygen atoms in total. The van der Waals surface area contributed by atoms with Gasteiger partial charge >= 0.3 is 5.97 Å². The van der Waals surface area contributed by atoms with Crippen LogP contribution in [0.3, 0.4) is 0 Å². The SMILES string of the molecule is CCC(C(=O)O)[C@@H]1N=C(c2ccc(-c3cccc(OC)n3)cc2)c2c(sc(C)c2C)-n2c(C)nnc21. The van der Waals surface area contributed by atoms with Crippen LogP contribution < -0.4 is 4.74 Å². The molecule has 1 N–H and O–H groups in total. The van der Waals surface area contributed by atoms with Crippen molar-refractivity contribution < 1.29 is 14.6 Å². The van der Waals surface area contributed by atoms with Gasteiger partial charge in [-0.05, 0) is 38.8 Å². The van der Waals surface area contributed by atoms with Crippen LogP contribution in [0.5, 0.6) is 5.88 Å². The fourth-order valence-electron chi connectivity index (χ4n) is 4.64. The summed E-state index contributed by atoms with van der Waals surface area (Å²) in [7, 11) is 1.60. The van der Waals surface area contributed by atoms with Gasteiger partial charge in [0.15, 0.2) is 5.82 Å². The van der Waals surface area contributed by atoms with Gasteiger partial charge in [-0.3, -0.25) is 14.4 Å². The molecule has 1 aliphatic rings. The van der Waals surface area contributed by atoms with Crippen molar-refractivity contribution in [3.05, 3.63) is 75.7 Å². The smallest absolute Gasteiger partial charge is 0.309 e. The molecule has 1 aliphatic heterocycles. The van der Waals surface area contributed by atoms with Gasteiger partial charge in [0, 0.05) is 27.6 Å². The first-order chi connectivity index (χ1) is 17.3. The number of aliphatic carboxylic acids is 1. The number of aryl methyl sites for hydroxylation is 2. The molecule has 0 bridgehead atoms. The van der Waals surface area contributed by atoms with Crippen molar-refractivity contribution in [3.63, 3.8) is 0 Å². The summed E-state index contributed by atoms with van der Waals surface area (Å²) in [6.07, 6.45) is 0.425. The van der Waals surface area contributed by atoms with E-state index < -0.39 is 17.9 Å². The third kappa shape index (κ3) is 3.89. The third-order valence-electron chi connectivity index (χ3n) is 6.71. The van der Waals surface area contributed by atoms with Crippen molar-refractivity contribution in [3.8, 4) is 22.1 Å². The van der Waals surface area contributed by atoms with Crippen LogP contribution in [0, 0.1) is 26.7 Å². The van der Waals surface area contributed by atoms with Crippen LogP contribution in [-0.2, 0) is 4.79 Å². The molecule has 4 aromatic rings. The molecule has 2 atom stereocenters. The van der Waals surface area contributed by atoms with E-state index in [1.54, 1.807) is 18.4 Å². The number of benzene rings is 1. The van der Waals surface area contributed by atoms with Gasteiger partial charge in [0.05, 0.1) is 24.4 Å². The quantitative estimate of drug-likeness (QED) is 0.383. The van der Waals surface area contributed by atoms with Crippen LogP contribution >= 0.6 is 11.3 Å². The summed E-state index contributed by atoms with van der Waals surface area (Å²) < 4.78 is 7.26. The zero-order valence-corrected chi connectivity index (χ0v) is 21.6. The minimum absolute atomic E-state index is 0.425. The van der Waals surface area contributed by atoms with Crippen molar-refractivity contribution in [2.75, 3.05) is 7.11 Å². The Kier molecular flexibility index (Phi) is 6.17. The summed E-state index contributed by atoms with van der Waals surface area (Å²) in [5.41, 5.74) is 5.56. The molecule has 0 fully saturated rings. The maximum atomic E-state index is 12.2. The molecule has 9 heteroatoms. The molecule has 3 aromatic heterocycles. The number of carbonyl (C=O) groups is 1. The van der Waals surface area contributed by atoms with Gasteiger partial charge in [-0.15, -0.1) is 21.5 Å². The number of fused-ring (bicyclic) bond motifs is 3. The Morgan fingerprint density at radius 3 is 2.50 bits per heavy atom. The Morgan fingerprint density at radius 2 is 1.83 bits per heavy atom. The lowest BCUT2D eigenvalue weighted by atomic mass is 9.95. The van der Waals surface area contributed by atoms with Crippen molar-refractivity contribution in [2.45, 2.75) is 40.2 Å². The zero-order valence-electron chi connectivity index (χ0n) is 20.8. The lowest BCUT2D eigenvalue weighted by Crippen LogP contribution is -2.23. The number of hydrogen-bond acceptors (Lipinski definition) is 7. The molecule has 0 spiro atoms. The number of rotatable bonds is 6. The molecule has 36 heavy (non-hydrogen) atoms. The monoisotopic (exact) mass is 501 g/mol. The fourth-order valence-corrected chi connectivity index (χ4v) is 5.85. The van der Waals surface area contributed by atoms with Crippen LogP contribution in [0.1, 0.15) is 52.6 Å². The maximum Gasteiger partial charge on any atom is 0.309 e. The summed E-state index contributed by atoms with van der Waals surface area (Å²) in [6.45, 7) is 7.94. The largest absolute Gasteiger partial charge is 0.481 e. The van der Waals surface area contributed by atoms with Gasteiger partial charge in [-0.25, -0.2) is 4.98 Å². The molecular weight excluding hydrogens is 474 g/mol. The number of pyridine rings is 1. The van der Waals surface area contributed by atoms with E-state index in [-0.39, 0.29) is 0 Å². The van der Waals surface area contributed by atoms with E-state index in [0.717, 1.165) is 38.7 Å². The summed E-state index contributed by atoms with van der Waals surface area (Å²) in [5.74, 6) is 0.220. The Morgan fingerprint density at radius 1 is 1.11 bits per heavy atom. The number of methoxy groups -OCH3 is 1. The maximum absolute atomic E-state index is 12.2. The molecular formula is C27H27N5O3S. The second kappa shape index (κ2) is 9.31. The average molecular weight is 502 g/mol. The first-order valence-electron chi connectivity index (χ1n) is 11.8. The number of carboxylic acid groups (broad SMARTS) is 1. The highest BCUT2D eigenvalue weighted by atomic mass is 32.1. The number of carboxylic acids is 1. The van der Waals surface area contributed by atoms with Crippen molar-refractivity contribution in [2.24, 2.45) is 10.9 Å². The molecule has 1 unspecified atom stereocenters. The highest BCUT2D eigenvalue weighted by molar-refractivity contribution is 7.15. The van der Waals surface area contributed by atoms with Gasteiger partial charge < -0.3 is 9.84 Å². The number of aromatic nitrogens is 4. The second-order valence-electron chi connectivity index (χ2n) is 8.82. The van der Waals surface area contributed by atoms with Crippen LogP contribution in [0.15, 0.2) is 47.5 Å². The van der Waals surface area contributed by atoms with Gasteiger partial charge in [0.2, 0.25) is 5.88 Å². The first kappa shape index (κ1) is 23.9. The van der Waals surface area contributed by atoms with Gasteiger partial charge in [-0.1, -0.05) is 37.3 Å². The Hall–Kier alpha value is -3.85. The van der Waals surface area contributed by atoms with Crippen molar-refractivity contribution in [1.29, 1.82) is 0 Å². The molecule has 0 amide bonds. The summed E-state index contributed by atoms with van der Waals surface area (Å²) in [6, 6.07) is 13.0. The summed E-state index contributed by atoms with van der Waals surface area (Å²) in [4.78, 5) is 23.1. The van der Waals surface area contributed by atoms with Crippen LogP contribution in [0.4, 0.5) is 0 Å². The van der Waals surface area contributed by atoms with Crippen LogP contribution in [0.2, 0.25) is 0 Å². The van der Waals surface area contributed by atoms with Crippen molar-refractivity contribution >= 4 is 23.0 Å². The van der Waals surface area contributed by atoms with E-state index in [9.17, 15) is 9.90 Å². The molecule has 0 aliphatic carbocycles. The van der Waals surface area contributed by atoms with E-state index in [0.29, 0.717) is 23.9 Å². The Labute approximate surface area is 213 Å². The van der Waals surface area contributed by atoms with E-state index in [2.05, 4.69) is 29.0 Å². The topological polar surface area (TPSA) is 102 Å². The second-order valence-corrected chi connectivity index (χ2v) is 10.0. The fraction of sp³-hybridized carbons (Fsp3) is 0.296. The summed E-state index contributed by atoms with van der Waals surface area (Å²) >= 11 is 1.65. The normalized spacial score (nSPS) is 15.5. The standard InChI is InChI=1S/C27H27N5O3S/c1-6-19(27(33)34)24-25-31-30-16(4)32(25)26-22(14(2)15(3)36-26)23(29-24)18-12-10-17(11-13-18)20-8-7-9-21(28-20)35-5/h7-13,19,24H,6H2,1-5H3,(H,33,34)/t19?,24-/m0/s1. The van der Waals surface area contributed by atoms with Gasteiger partial charge in [-0.2, -0.15) is 0 Å². The number of thiophene rings is 1. The highest BCUT2D eigenvalue weighted by Crippen LogP contribution is 2.41. The summed E-state index contributed by atoms with van der Waals surface area (Å²) in [5, 5.41) is 19.7. The Bertz CT molecular complexity index is 1490. The molecule has 1 aromatic carbocycles. The molecule has 0 saturated carbocycles. The molecule has 0 radical (unpaired) electrons. The lowest BCUT2D eigenvalue weighted by Gasteiger charge is -2.18. The van der Waals surface area contributed by atoms with Gasteiger partial charge in [0.25, 0.3) is 0 Å². The molecule has 4 heterocycles. The minimum atomic E-state index is -0.893. The van der Waals surface area contributed by atoms with Crippen LogP contribution in [0.25, 0.3) is 16.3 Å². The first-order valence-corrected chi connectivity index (χ1v) is 12.6. The Balaban J connectivity index is 1.70. The van der Waals surface area contributed by atoms with Crippen molar-refractivity contribution in [1.82, 2.24) is 19.7 Å². The van der Waals surface area contributed by atoms with Crippen LogP contribution in [-0.4, -0.2) is 43.6 Å². The van der Waals surface area contributed by atoms with Gasteiger partial charge in [0.1, 0.15) is 16.9 Å². The molecule has 0 saturated heterocycles. The highest BCUT2D eigenvalue weighted by Gasteiger charge is 2.37. The van der Waals surface area contributed by atoms with E-state index >= 15 is 0 Å².